The summed E-state index contributed by atoms with van der Waals surface area (Å²) in [7, 11) is 4.50. The van der Waals surface area contributed by atoms with Crippen LogP contribution in [-0.2, 0) is 0 Å². The average molecular weight is 329 g/mol. The molecule has 1 aliphatic rings. The minimum Gasteiger partial charge on any atom is -0.308 e. The summed E-state index contributed by atoms with van der Waals surface area (Å²) in [6.45, 7) is 3.30. The molecule has 1 N–H and O–H groups in total. The molecule has 120 valence electrons. The van der Waals surface area contributed by atoms with Crippen molar-refractivity contribution in [2.24, 2.45) is 0 Å². The lowest BCUT2D eigenvalue weighted by Gasteiger charge is -2.46. The summed E-state index contributed by atoms with van der Waals surface area (Å²) in [5.74, 6) is 0. The maximum atomic E-state index is 6.21. The Kier molecular flexibility index (Phi) is 6.54. The van der Waals surface area contributed by atoms with Gasteiger partial charge in [0.05, 0.1) is 10.4 Å². The van der Waals surface area contributed by atoms with Gasteiger partial charge in [0.1, 0.15) is 0 Å². The molecule has 2 rings (SSSR count). The highest BCUT2D eigenvalue weighted by Crippen LogP contribution is 2.43. The Balaban J connectivity index is 2.34. The van der Waals surface area contributed by atoms with E-state index in [1.165, 1.54) is 49.8 Å². The minimum atomic E-state index is 0.222. The second-order valence-electron chi connectivity index (χ2n) is 6.44. The van der Waals surface area contributed by atoms with Crippen LogP contribution in [-0.4, -0.2) is 31.1 Å². The van der Waals surface area contributed by atoms with Gasteiger partial charge in [0.25, 0.3) is 0 Å². The van der Waals surface area contributed by atoms with Crippen LogP contribution in [0.5, 0.6) is 0 Å². The first kappa shape index (κ1) is 17.3. The van der Waals surface area contributed by atoms with Gasteiger partial charge in [-0.25, -0.2) is 0 Å². The summed E-state index contributed by atoms with van der Waals surface area (Å²) in [6, 6.07) is 4.65. The van der Waals surface area contributed by atoms with Gasteiger partial charge in [-0.05, 0) is 52.0 Å². The highest BCUT2D eigenvalue weighted by molar-refractivity contribution is 7.16. The quantitative estimate of drug-likeness (QED) is 0.731. The van der Waals surface area contributed by atoms with Crippen molar-refractivity contribution in [2.45, 2.75) is 63.5 Å². The summed E-state index contributed by atoms with van der Waals surface area (Å²) >= 11 is 7.95. The molecule has 0 amide bonds. The van der Waals surface area contributed by atoms with E-state index in [1.54, 1.807) is 11.3 Å². The number of rotatable bonds is 6. The van der Waals surface area contributed by atoms with Gasteiger partial charge < -0.3 is 10.2 Å². The summed E-state index contributed by atoms with van der Waals surface area (Å²) in [5.41, 5.74) is 0.222. The molecule has 1 heterocycles. The van der Waals surface area contributed by atoms with Crippen LogP contribution in [0.4, 0.5) is 0 Å². The maximum Gasteiger partial charge on any atom is 0.0931 e. The standard InChI is InChI=1S/C17H29ClN2S/c1-4-13-19-16(14-9-10-15(18)21-14)17(20(2)3)11-7-5-6-8-12-17/h9-10,16,19H,4-8,11-13H2,1-3H3. The van der Waals surface area contributed by atoms with Gasteiger partial charge in [-0.15, -0.1) is 11.3 Å². The number of thiophene rings is 1. The van der Waals surface area contributed by atoms with Gasteiger partial charge in [-0.2, -0.15) is 0 Å². The fourth-order valence-electron chi connectivity index (χ4n) is 3.66. The number of nitrogens with one attached hydrogen (secondary N) is 1. The first-order valence-electron chi connectivity index (χ1n) is 8.26. The van der Waals surface area contributed by atoms with E-state index in [4.69, 9.17) is 11.6 Å². The molecule has 21 heavy (non-hydrogen) atoms. The molecule has 1 aromatic heterocycles. The summed E-state index contributed by atoms with van der Waals surface area (Å²) in [4.78, 5) is 3.86. The van der Waals surface area contributed by atoms with Crippen LogP contribution in [0.3, 0.4) is 0 Å². The van der Waals surface area contributed by atoms with Crippen molar-refractivity contribution in [2.75, 3.05) is 20.6 Å². The normalized spacial score (nSPS) is 20.4. The van der Waals surface area contributed by atoms with Crippen LogP contribution < -0.4 is 5.32 Å². The van der Waals surface area contributed by atoms with Crippen LogP contribution in [0, 0.1) is 0 Å². The van der Waals surface area contributed by atoms with Crippen molar-refractivity contribution in [1.29, 1.82) is 0 Å². The fraction of sp³-hybridized carbons (Fsp3) is 0.765. The van der Waals surface area contributed by atoms with E-state index in [0.29, 0.717) is 6.04 Å². The first-order chi connectivity index (χ1) is 10.1. The Morgan fingerprint density at radius 3 is 2.38 bits per heavy atom. The molecule has 1 aliphatic carbocycles. The summed E-state index contributed by atoms with van der Waals surface area (Å²) in [6.07, 6.45) is 9.14. The van der Waals surface area contributed by atoms with E-state index in [9.17, 15) is 0 Å². The third-order valence-electron chi connectivity index (χ3n) is 4.87. The zero-order valence-corrected chi connectivity index (χ0v) is 15.2. The molecule has 1 atom stereocenters. The fourth-order valence-corrected chi connectivity index (χ4v) is 4.91. The van der Waals surface area contributed by atoms with Crippen molar-refractivity contribution < 1.29 is 0 Å². The number of likely N-dealkylation sites (N-methyl/N-ethyl adjacent to an activating group) is 1. The average Bonchev–Trinajstić information content (AvgIpc) is 2.74. The lowest BCUT2D eigenvalue weighted by molar-refractivity contribution is 0.0814. The number of halogens is 1. The number of hydrogen-bond donors (Lipinski definition) is 1. The van der Waals surface area contributed by atoms with Gasteiger partial charge >= 0.3 is 0 Å². The van der Waals surface area contributed by atoms with Crippen molar-refractivity contribution in [3.63, 3.8) is 0 Å². The molecule has 2 nitrogen and oxygen atoms in total. The summed E-state index contributed by atoms with van der Waals surface area (Å²) in [5, 5.41) is 3.83. The smallest absolute Gasteiger partial charge is 0.0931 e. The highest BCUT2D eigenvalue weighted by atomic mass is 35.5. The predicted molar refractivity (Wildman–Crippen MR) is 94.5 cm³/mol. The van der Waals surface area contributed by atoms with Crippen LogP contribution in [0.25, 0.3) is 0 Å². The van der Waals surface area contributed by atoms with Gasteiger partial charge in [0.2, 0.25) is 0 Å². The second-order valence-corrected chi connectivity index (χ2v) is 8.19. The SMILES string of the molecule is CCCNC(c1ccc(Cl)s1)C1(N(C)C)CCCCCC1. The lowest BCUT2D eigenvalue weighted by Crippen LogP contribution is -2.53. The molecule has 0 aromatic carbocycles. The van der Waals surface area contributed by atoms with E-state index in [-0.39, 0.29) is 5.54 Å². The molecule has 4 heteroatoms. The Labute approximate surface area is 138 Å². The van der Waals surface area contributed by atoms with E-state index in [0.717, 1.165) is 10.9 Å². The predicted octanol–water partition coefficient (Wildman–Crippen LogP) is 5.10. The van der Waals surface area contributed by atoms with Gasteiger partial charge in [-0.3, -0.25) is 0 Å². The Hall–Kier alpha value is -0.0900. The van der Waals surface area contributed by atoms with Crippen LogP contribution in [0.15, 0.2) is 12.1 Å². The van der Waals surface area contributed by atoms with E-state index in [2.05, 4.69) is 37.3 Å². The maximum absolute atomic E-state index is 6.21. The molecule has 0 radical (unpaired) electrons. The third-order valence-corrected chi connectivity index (χ3v) is 6.17. The Morgan fingerprint density at radius 1 is 1.24 bits per heavy atom. The molecule has 0 spiro atoms. The topological polar surface area (TPSA) is 15.3 Å². The van der Waals surface area contributed by atoms with E-state index in [1.807, 2.05) is 6.07 Å². The van der Waals surface area contributed by atoms with Crippen LogP contribution in [0.2, 0.25) is 4.34 Å². The zero-order chi connectivity index (χ0) is 15.3. The van der Waals surface area contributed by atoms with Gasteiger partial charge in [0, 0.05) is 10.4 Å². The van der Waals surface area contributed by atoms with Crippen molar-refractivity contribution >= 4 is 22.9 Å². The van der Waals surface area contributed by atoms with Crippen LogP contribution in [0.1, 0.15) is 62.8 Å². The van der Waals surface area contributed by atoms with Crippen molar-refractivity contribution in [3.8, 4) is 0 Å². The molecule has 1 unspecified atom stereocenters. The molecular formula is C17H29ClN2S. The van der Waals surface area contributed by atoms with E-state index < -0.39 is 0 Å². The monoisotopic (exact) mass is 328 g/mol. The van der Waals surface area contributed by atoms with Gasteiger partial charge in [0.15, 0.2) is 0 Å². The van der Waals surface area contributed by atoms with Crippen LogP contribution >= 0.6 is 22.9 Å². The minimum absolute atomic E-state index is 0.222. The highest BCUT2D eigenvalue weighted by Gasteiger charge is 2.42. The third kappa shape index (κ3) is 4.01. The van der Waals surface area contributed by atoms with E-state index >= 15 is 0 Å². The first-order valence-corrected chi connectivity index (χ1v) is 9.45. The molecule has 0 saturated heterocycles. The largest absolute Gasteiger partial charge is 0.308 e. The molecule has 1 fully saturated rings. The molecule has 1 saturated carbocycles. The molecule has 0 bridgehead atoms. The molecular weight excluding hydrogens is 300 g/mol. The Morgan fingerprint density at radius 2 is 1.90 bits per heavy atom. The molecule has 1 aromatic rings. The van der Waals surface area contributed by atoms with Gasteiger partial charge in [-0.1, -0.05) is 44.2 Å². The van der Waals surface area contributed by atoms with Crippen molar-refractivity contribution in [3.05, 3.63) is 21.3 Å². The second kappa shape index (κ2) is 7.96. The summed E-state index contributed by atoms with van der Waals surface area (Å²) < 4.78 is 0.899. The lowest BCUT2D eigenvalue weighted by atomic mass is 9.80. The molecule has 0 aliphatic heterocycles. The Bertz CT molecular complexity index is 422. The number of hydrogen-bond acceptors (Lipinski definition) is 3. The number of nitrogens with zero attached hydrogens (tertiary/aromatic N) is 1. The zero-order valence-electron chi connectivity index (χ0n) is 13.6. The van der Waals surface area contributed by atoms with Crippen molar-refractivity contribution in [1.82, 2.24) is 10.2 Å².